The predicted molar refractivity (Wildman–Crippen MR) is 325 cm³/mol. The molecule has 0 aliphatic rings. The third kappa shape index (κ3) is 60.8. The van der Waals surface area contributed by atoms with E-state index in [9.17, 15) is 14.4 Å². The van der Waals surface area contributed by atoms with Gasteiger partial charge in [0.1, 0.15) is 13.2 Å². The Bertz CT molecular complexity index is 1520. The molecule has 0 rings (SSSR count). The largest absolute Gasteiger partial charge is 0.462 e. The van der Waals surface area contributed by atoms with Crippen molar-refractivity contribution in [3.63, 3.8) is 0 Å². The summed E-state index contributed by atoms with van der Waals surface area (Å²) < 4.78 is 16.8. The van der Waals surface area contributed by atoms with Gasteiger partial charge < -0.3 is 14.2 Å². The van der Waals surface area contributed by atoms with Crippen LogP contribution < -0.4 is 0 Å². The highest BCUT2D eigenvalue weighted by Crippen LogP contribution is 2.15. The van der Waals surface area contributed by atoms with E-state index in [1.807, 2.05) is 6.08 Å². The molecule has 0 heterocycles. The molecule has 75 heavy (non-hydrogen) atoms. The van der Waals surface area contributed by atoms with Crippen molar-refractivity contribution in [3.8, 4) is 0 Å². The third-order valence-electron chi connectivity index (χ3n) is 13.2. The second kappa shape index (κ2) is 62.6. The molecule has 6 nitrogen and oxygen atoms in total. The van der Waals surface area contributed by atoms with Crippen LogP contribution in [0.15, 0.2) is 109 Å². The van der Waals surface area contributed by atoms with E-state index in [1.54, 1.807) is 0 Å². The van der Waals surface area contributed by atoms with Crippen molar-refractivity contribution < 1.29 is 28.6 Å². The van der Waals surface area contributed by atoms with Gasteiger partial charge in [-0.2, -0.15) is 0 Å². The second-order valence-electron chi connectivity index (χ2n) is 20.6. The minimum Gasteiger partial charge on any atom is -0.462 e. The van der Waals surface area contributed by atoms with Crippen molar-refractivity contribution in [3.05, 3.63) is 109 Å². The van der Waals surface area contributed by atoms with Crippen LogP contribution in [0, 0.1) is 0 Å². The van der Waals surface area contributed by atoms with Gasteiger partial charge in [-0.1, -0.05) is 265 Å². The van der Waals surface area contributed by atoms with Crippen LogP contribution >= 0.6 is 0 Å². The molecule has 0 saturated heterocycles. The van der Waals surface area contributed by atoms with E-state index in [2.05, 4.69) is 124 Å². The summed E-state index contributed by atoms with van der Waals surface area (Å²) in [7, 11) is 0. The fraction of sp³-hybridized carbons (Fsp3) is 0.696. The van der Waals surface area contributed by atoms with E-state index in [1.165, 1.54) is 148 Å². The number of allylic oxidation sites excluding steroid dienone is 18. The van der Waals surface area contributed by atoms with Gasteiger partial charge in [-0.3, -0.25) is 14.4 Å². The fourth-order valence-corrected chi connectivity index (χ4v) is 8.55. The van der Waals surface area contributed by atoms with E-state index >= 15 is 0 Å². The lowest BCUT2D eigenvalue weighted by molar-refractivity contribution is -0.166. The highest BCUT2D eigenvalue weighted by atomic mass is 16.6. The molecule has 0 fully saturated rings. The van der Waals surface area contributed by atoms with Crippen molar-refractivity contribution in [2.45, 2.75) is 297 Å². The number of rotatable bonds is 56. The van der Waals surface area contributed by atoms with Gasteiger partial charge in [0.25, 0.3) is 0 Å². The summed E-state index contributed by atoms with van der Waals surface area (Å²) in [4.78, 5) is 38.3. The Morgan fingerprint density at radius 1 is 0.280 bits per heavy atom. The molecule has 1 atom stereocenters. The maximum atomic E-state index is 12.9. The molecule has 0 radical (unpaired) electrons. The average Bonchev–Trinajstić information content (AvgIpc) is 3.41. The summed E-state index contributed by atoms with van der Waals surface area (Å²) in [5, 5.41) is 0. The van der Waals surface area contributed by atoms with Gasteiger partial charge >= 0.3 is 17.9 Å². The molecule has 428 valence electrons. The Hall–Kier alpha value is -3.93. The van der Waals surface area contributed by atoms with Gasteiger partial charge in [-0.25, -0.2) is 0 Å². The minimum absolute atomic E-state index is 0.112. The molecule has 0 aromatic carbocycles. The molecule has 0 aromatic rings. The number of unbranched alkanes of at least 4 members (excludes halogenated alkanes) is 27. The highest BCUT2D eigenvalue weighted by Gasteiger charge is 2.19. The standard InChI is InChI=1S/C69H116O6/c1-4-7-10-13-16-19-22-25-28-30-32-33-34-35-37-38-41-44-47-50-53-56-59-62-68(71)74-65-66(64-73-67(70)61-58-55-52-49-46-43-40-27-24-21-18-15-12-9-6-3)75-69(72)63-60-57-54-51-48-45-42-39-36-31-29-26-23-20-17-14-11-8-5-2/h8,11,17,20,22,25-27,29-30,32,36,39-40,45,48,54,57,66H,4-7,9-10,12-16,18-19,21,23-24,28,31,33-35,37-38,41-44,46-47,49-53,55-56,58-65H2,1-3H3/b11-8-,20-17-,25-22-,29-26-,32-30-,39-36-,40-27-,48-45-,57-54-. The molecule has 0 aliphatic carbocycles. The Balaban J connectivity index is 4.46. The topological polar surface area (TPSA) is 78.9 Å². The summed E-state index contributed by atoms with van der Waals surface area (Å²) in [5.74, 6) is -1.00. The first-order chi connectivity index (χ1) is 37.0. The van der Waals surface area contributed by atoms with Crippen LogP contribution in [-0.2, 0) is 28.6 Å². The number of esters is 3. The Morgan fingerprint density at radius 2 is 0.547 bits per heavy atom. The average molecular weight is 1040 g/mol. The quantitative estimate of drug-likeness (QED) is 0.0261. The normalized spacial score (nSPS) is 12.8. The van der Waals surface area contributed by atoms with E-state index in [4.69, 9.17) is 14.2 Å². The minimum atomic E-state index is -0.825. The Labute approximate surface area is 463 Å². The summed E-state index contributed by atoms with van der Waals surface area (Å²) >= 11 is 0. The molecule has 6 heteroatoms. The van der Waals surface area contributed by atoms with Crippen LogP contribution in [0.25, 0.3) is 0 Å². The molecule has 0 aliphatic heterocycles. The van der Waals surface area contributed by atoms with E-state index in [-0.39, 0.29) is 31.6 Å². The van der Waals surface area contributed by atoms with Gasteiger partial charge in [0.2, 0.25) is 0 Å². The van der Waals surface area contributed by atoms with Gasteiger partial charge in [0.15, 0.2) is 6.10 Å². The zero-order valence-electron chi connectivity index (χ0n) is 49.0. The lowest BCUT2D eigenvalue weighted by atomic mass is 10.0. The monoisotopic (exact) mass is 1040 g/mol. The lowest BCUT2D eigenvalue weighted by Gasteiger charge is -2.18. The maximum Gasteiger partial charge on any atom is 0.306 e. The number of carbonyl (C=O) groups is 3. The van der Waals surface area contributed by atoms with Crippen LogP contribution in [0.5, 0.6) is 0 Å². The molecule has 1 unspecified atom stereocenters. The Kier molecular flexibility index (Phi) is 59.3. The molecule has 0 aromatic heterocycles. The van der Waals surface area contributed by atoms with E-state index < -0.39 is 12.1 Å². The van der Waals surface area contributed by atoms with Crippen molar-refractivity contribution >= 4 is 17.9 Å². The number of hydrogen-bond donors (Lipinski definition) is 0. The molecular weight excluding hydrogens is 925 g/mol. The van der Waals surface area contributed by atoms with Crippen molar-refractivity contribution in [1.82, 2.24) is 0 Å². The van der Waals surface area contributed by atoms with E-state index in [0.717, 1.165) is 96.3 Å². The fourth-order valence-electron chi connectivity index (χ4n) is 8.55. The van der Waals surface area contributed by atoms with Gasteiger partial charge in [0.05, 0.1) is 0 Å². The first-order valence-electron chi connectivity index (χ1n) is 31.4. The van der Waals surface area contributed by atoms with Crippen LogP contribution in [-0.4, -0.2) is 37.2 Å². The van der Waals surface area contributed by atoms with E-state index in [0.29, 0.717) is 19.3 Å². The SMILES string of the molecule is CC/C=C\C/C=C\C/C=C\C/C=C\C/C=C\C/C=C\CCC(=O)OC(COC(=O)CCCCCCC/C=C\CCCCCCCC)COC(=O)CCCCCCCCCCCCC/C=C\C/C=C\CCCCCCC. The second-order valence-corrected chi connectivity index (χ2v) is 20.6. The molecule has 0 N–H and O–H groups in total. The van der Waals surface area contributed by atoms with Gasteiger partial charge in [-0.05, 0) is 116 Å². The molecular formula is C69H116O6. The highest BCUT2D eigenvalue weighted by molar-refractivity contribution is 5.71. The zero-order valence-corrected chi connectivity index (χ0v) is 49.0. The summed E-state index contributed by atoms with van der Waals surface area (Å²) in [5.41, 5.74) is 0. The number of ether oxygens (including phenoxy) is 3. The van der Waals surface area contributed by atoms with Crippen molar-refractivity contribution in [2.75, 3.05) is 13.2 Å². The molecule has 0 amide bonds. The predicted octanol–water partition coefficient (Wildman–Crippen LogP) is 21.4. The first kappa shape index (κ1) is 71.1. The van der Waals surface area contributed by atoms with Crippen LogP contribution in [0.1, 0.15) is 290 Å². The number of hydrogen-bond acceptors (Lipinski definition) is 6. The molecule has 0 saturated carbocycles. The zero-order chi connectivity index (χ0) is 54.3. The number of carbonyl (C=O) groups excluding carboxylic acids is 3. The summed E-state index contributed by atoms with van der Waals surface area (Å²) in [6.45, 7) is 6.46. The third-order valence-corrected chi connectivity index (χ3v) is 13.2. The van der Waals surface area contributed by atoms with Gasteiger partial charge in [0, 0.05) is 19.3 Å². The van der Waals surface area contributed by atoms with Crippen LogP contribution in [0.2, 0.25) is 0 Å². The lowest BCUT2D eigenvalue weighted by Crippen LogP contribution is -2.30. The molecule has 0 bridgehead atoms. The van der Waals surface area contributed by atoms with Crippen molar-refractivity contribution in [2.24, 2.45) is 0 Å². The Morgan fingerprint density at radius 3 is 0.880 bits per heavy atom. The molecule has 0 spiro atoms. The van der Waals surface area contributed by atoms with Gasteiger partial charge in [-0.15, -0.1) is 0 Å². The summed E-state index contributed by atoms with van der Waals surface area (Å²) in [6, 6.07) is 0. The maximum absolute atomic E-state index is 12.9. The van der Waals surface area contributed by atoms with Crippen molar-refractivity contribution in [1.29, 1.82) is 0 Å². The van der Waals surface area contributed by atoms with Crippen LogP contribution in [0.4, 0.5) is 0 Å². The first-order valence-corrected chi connectivity index (χ1v) is 31.4. The van der Waals surface area contributed by atoms with Crippen LogP contribution in [0.3, 0.4) is 0 Å². The summed E-state index contributed by atoms with van der Waals surface area (Å²) in [6.07, 6.45) is 85.3. The smallest absolute Gasteiger partial charge is 0.306 e.